The molecule has 1 aromatic carbocycles. The van der Waals surface area contributed by atoms with E-state index in [2.05, 4.69) is 0 Å². The smallest absolute Gasteiger partial charge is 0.223 e. The van der Waals surface area contributed by atoms with Crippen LogP contribution >= 0.6 is 0 Å². The summed E-state index contributed by atoms with van der Waals surface area (Å²) in [5.41, 5.74) is 1.86. The Morgan fingerprint density at radius 1 is 1.33 bits per heavy atom. The third kappa shape index (κ3) is 3.10. The molecule has 0 amide bonds. The monoisotopic (exact) mass is 242 g/mol. The largest absolute Gasteiger partial charge is 0.490 e. The summed E-state index contributed by atoms with van der Waals surface area (Å²) >= 11 is 0. The average molecular weight is 242 g/mol. The second-order valence-electron chi connectivity index (χ2n) is 4.32. The Morgan fingerprint density at radius 2 is 2.11 bits per heavy atom. The lowest BCUT2D eigenvalue weighted by molar-refractivity contribution is -0.115. The fourth-order valence-electron chi connectivity index (χ4n) is 1.95. The van der Waals surface area contributed by atoms with Crippen molar-refractivity contribution < 1.29 is 9.53 Å². The zero-order valence-electron chi connectivity index (χ0n) is 10.7. The number of hydrogen-bond acceptors (Lipinski definition) is 2. The first-order chi connectivity index (χ1) is 8.81. The predicted molar refractivity (Wildman–Crippen MR) is 73.0 cm³/mol. The molecule has 18 heavy (non-hydrogen) atoms. The molecule has 2 rings (SSSR count). The lowest BCUT2D eigenvalue weighted by atomic mass is 10.0. The van der Waals surface area contributed by atoms with Crippen molar-refractivity contribution in [3.8, 4) is 0 Å². The molecule has 0 aliphatic carbocycles. The number of ether oxygens (including phenoxy) is 1. The molecule has 0 unspecified atom stereocenters. The number of allylic oxidation sites excluding steroid dienone is 2. The van der Waals surface area contributed by atoms with Crippen LogP contribution in [0.2, 0.25) is 0 Å². The van der Waals surface area contributed by atoms with E-state index in [1.807, 2.05) is 49.4 Å². The second kappa shape index (κ2) is 6.20. The van der Waals surface area contributed by atoms with Crippen molar-refractivity contribution in [3.63, 3.8) is 0 Å². The number of hydrogen-bond donors (Lipinski definition) is 0. The van der Waals surface area contributed by atoms with Gasteiger partial charge in [0.05, 0.1) is 6.61 Å². The number of rotatable bonds is 4. The van der Waals surface area contributed by atoms with Crippen molar-refractivity contribution >= 4 is 11.9 Å². The van der Waals surface area contributed by atoms with Crippen LogP contribution in [0.1, 0.15) is 31.7 Å². The highest BCUT2D eigenvalue weighted by Crippen LogP contribution is 2.18. The van der Waals surface area contributed by atoms with E-state index in [4.69, 9.17) is 4.74 Å². The van der Waals surface area contributed by atoms with Crippen LogP contribution in [0.3, 0.4) is 0 Å². The highest BCUT2D eigenvalue weighted by molar-refractivity contribution is 6.09. The summed E-state index contributed by atoms with van der Waals surface area (Å²) in [5, 5.41) is 0. The Kier molecular flexibility index (Phi) is 4.35. The summed E-state index contributed by atoms with van der Waals surface area (Å²) in [6.45, 7) is 2.65. The van der Waals surface area contributed by atoms with Gasteiger partial charge in [-0.3, -0.25) is 4.79 Å². The Morgan fingerprint density at radius 3 is 2.72 bits per heavy atom. The maximum atomic E-state index is 12.3. The summed E-state index contributed by atoms with van der Waals surface area (Å²) in [6.07, 6.45) is 6.50. The fourth-order valence-corrected chi connectivity index (χ4v) is 1.95. The van der Waals surface area contributed by atoms with Gasteiger partial charge in [-0.2, -0.15) is 0 Å². The van der Waals surface area contributed by atoms with E-state index in [1.165, 1.54) is 0 Å². The fraction of sp³-hybridized carbons (Fsp3) is 0.312. The zero-order chi connectivity index (χ0) is 12.8. The Labute approximate surface area is 108 Å². The van der Waals surface area contributed by atoms with E-state index < -0.39 is 0 Å². The van der Waals surface area contributed by atoms with Gasteiger partial charge in [0.2, 0.25) is 5.78 Å². The minimum absolute atomic E-state index is 0.0288. The van der Waals surface area contributed by atoms with Gasteiger partial charge in [-0.15, -0.1) is 0 Å². The lowest BCUT2D eigenvalue weighted by Crippen LogP contribution is -2.12. The molecule has 0 fully saturated rings. The molecular weight excluding hydrogens is 224 g/mol. The predicted octanol–water partition coefficient (Wildman–Crippen LogP) is 3.74. The first kappa shape index (κ1) is 12.6. The lowest BCUT2D eigenvalue weighted by Gasteiger charge is -2.14. The number of Topliss-reactive ketones (excluding diaryl/α,β-unsaturated/α-hetero) is 1. The molecule has 2 nitrogen and oxygen atoms in total. The standard InChI is InChI=1S/C16H18O2/c1-2-14(12-13-8-4-3-5-9-13)16(17)15-10-6-7-11-18-15/h3-5,8-10,12H,2,6-7,11H2,1H3/b14-12+. The highest BCUT2D eigenvalue weighted by atomic mass is 16.5. The Hall–Kier alpha value is -1.83. The van der Waals surface area contributed by atoms with Crippen LogP contribution in [0.4, 0.5) is 0 Å². The molecule has 2 heteroatoms. The van der Waals surface area contributed by atoms with E-state index >= 15 is 0 Å². The van der Waals surface area contributed by atoms with Crippen LogP contribution in [0, 0.1) is 0 Å². The molecule has 0 atom stereocenters. The molecule has 0 saturated carbocycles. The second-order valence-corrected chi connectivity index (χ2v) is 4.32. The van der Waals surface area contributed by atoms with E-state index in [0.29, 0.717) is 18.8 Å². The van der Waals surface area contributed by atoms with Crippen LogP contribution in [0.5, 0.6) is 0 Å². The molecule has 1 aliphatic heterocycles. The molecular formula is C16H18O2. The SMILES string of the molecule is CC/C(=C\c1ccccc1)C(=O)C1=CCCCO1. The molecule has 1 aliphatic rings. The third-order valence-electron chi connectivity index (χ3n) is 2.97. The van der Waals surface area contributed by atoms with Gasteiger partial charge in [-0.1, -0.05) is 37.3 Å². The van der Waals surface area contributed by atoms with Crippen LogP contribution in [-0.2, 0) is 9.53 Å². The molecule has 0 N–H and O–H groups in total. The summed E-state index contributed by atoms with van der Waals surface area (Å²) in [4.78, 5) is 12.3. The first-order valence-electron chi connectivity index (χ1n) is 6.44. The molecule has 1 aromatic rings. The van der Waals surface area contributed by atoms with Gasteiger partial charge in [-0.05, 0) is 37.0 Å². The van der Waals surface area contributed by atoms with Crippen molar-refractivity contribution in [2.75, 3.05) is 6.61 Å². The number of carbonyl (C=O) groups excluding carboxylic acids is 1. The van der Waals surface area contributed by atoms with Crippen molar-refractivity contribution in [1.82, 2.24) is 0 Å². The summed E-state index contributed by atoms with van der Waals surface area (Å²) in [7, 11) is 0. The van der Waals surface area contributed by atoms with E-state index in [-0.39, 0.29) is 5.78 Å². The summed E-state index contributed by atoms with van der Waals surface area (Å²) < 4.78 is 5.43. The molecule has 0 radical (unpaired) electrons. The van der Waals surface area contributed by atoms with Crippen molar-refractivity contribution in [2.24, 2.45) is 0 Å². The van der Waals surface area contributed by atoms with Gasteiger partial charge < -0.3 is 4.74 Å². The minimum Gasteiger partial charge on any atom is -0.490 e. The van der Waals surface area contributed by atoms with E-state index in [9.17, 15) is 4.79 Å². The first-order valence-corrected chi connectivity index (χ1v) is 6.44. The van der Waals surface area contributed by atoms with Crippen molar-refractivity contribution in [2.45, 2.75) is 26.2 Å². The highest BCUT2D eigenvalue weighted by Gasteiger charge is 2.17. The Balaban J connectivity index is 2.20. The quantitative estimate of drug-likeness (QED) is 0.752. The van der Waals surface area contributed by atoms with E-state index in [0.717, 1.165) is 24.0 Å². The van der Waals surface area contributed by atoms with Crippen molar-refractivity contribution in [3.05, 3.63) is 53.3 Å². The molecule has 0 aromatic heterocycles. The van der Waals surface area contributed by atoms with Gasteiger partial charge in [0.25, 0.3) is 0 Å². The Bertz CT molecular complexity index is 469. The zero-order valence-corrected chi connectivity index (χ0v) is 10.7. The minimum atomic E-state index is 0.0288. The number of carbonyl (C=O) groups is 1. The summed E-state index contributed by atoms with van der Waals surface area (Å²) in [6, 6.07) is 9.91. The van der Waals surface area contributed by atoms with Crippen LogP contribution in [-0.4, -0.2) is 12.4 Å². The van der Waals surface area contributed by atoms with Crippen LogP contribution < -0.4 is 0 Å². The van der Waals surface area contributed by atoms with Crippen LogP contribution in [0.25, 0.3) is 6.08 Å². The molecule has 0 spiro atoms. The maximum absolute atomic E-state index is 12.3. The molecule has 0 saturated heterocycles. The maximum Gasteiger partial charge on any atom is 0.223 e. The van der Waals surface area contributed by atoms with Gasteiger partial charge in [0.15, 0.2) is 5.76 Å². The van der Waals surface area contributed by atoms with Gasteiger partial charge in [0, 0.05) is 5.57 Å². The topological polar surface area (TPSA) is 26.3 Å². The summed E-state index contributed by atoms with van der Waals surface area (Å²) in [5.74, 6) is 0.548. The molecule has 0 bridgehead atoms. The van der Waals surface area contributed by atoms with Gasteiger partial charge >= 0.3 is 0 Å². The number of benzene rings is 1. The van der Waals surface area contributed by atoms with Gasteiger partial charge in [-0.25, -0.2) is 0 Å². The normalized spacial score (nSPS) is 15.8. The van der Waals surface area contributed by atoms with Crippen LogP contribution in [0.15, 0.2) is 47.7 Å². The molecule has 94 valence electrons. The van der Waals surface area contributed by atoms with Gasteiger partial charge in [0.1, 0.15) is 0 Å². The average Bonchev–Trinajstić information content (AvgIpc) is 2.46. The van der Waals surface area contributed by atoms with Crippen molar-refractivity contribution in [1.29, 1.82) is 0 Å². The number of ketones is 1. The third-order valence-corrected chi connectivity index (χ3v) is 2.97. The molecule has 1 heterocycles. The van der Waals surface area contributed by atoms with E-state index in [1.54, 1.807) is 0 Å².